The highest BCUT2D eigenvalue weighted by Crippen LogP contribution is 2.32. The molecule has 0 aromatic heterocycles. The van der Waals surface area contributed by atoms with Gasteiger partial charge in [-0.05, 0) is 18.8 Å². The van der Waals surface area contributed by atoms with Crippen molar-refractivity contribution in [3.8, 4) is 0 Å². The number of Topliss-reactive ketones (excluding diaryl/α,β-unsaturated/α-hetero) is 1. The largest absolute Gasteiger partial charge is 0.356 e. The summed E-state index contributed by atoms with van der Waals surface area (Å²) in [5.41, 5.74) is 0.922. The van der Waals surface area contributed by atoms with Crippen LogP contribution in [0, 0.1) is 5.92 Å². The number of ether oxygens (including phenoxy) is 1. The van der Waals surface area contributed by atoms with E-state index >= 15 is 0 Å². The normalized spacial score (nSPS) is 17.5. The third-order valence-corrected chi connectivity index (χ3v) is 4.26. The summed E-state index contributed by atoms with van der Waals surface area (Å²) < 4.78 is 5.74. The molecule has 0 radical (unpaired) electrons. The van der Waals surface area contributed by atoms with E-state index in [9.17, 15) is 9.90 Å². The molecule has 1 N–H and O–H groups in total. The van der Waals surface area contributed by atoms with Gasteiger partial charge >= 0.3 is 0 Å². The highest BCUT2D eigenvalue weighted by atomic mass is 16.6. The van der Waals surface area contributed by atoms with Crippen molar-refractivity contribution in [1.82, 2.24) is 0 Å². The SMILES string of the molecule is O=C(c1ccccc1)C(O)(OCC1CCC1)c1ccccc1. The minimum atomic E-state index is -1.92. The summed E-state index contributed by atoms with van der Waals surface area (Å²) in [6, 6.07) is 17.7. The van der Waals surface area contributed by atoms with Crippen molar-refractivity contribution in [2.75, 3.05) is 6.61 Å². The standard InChI is InChI=1S/C19H20O3/c20-18(16-10-3-1-4-11-16)19(21,17-12-5-2-6-13-17)22-14-15-8-7-9-15/h1-6,10-13,15,21H,7-9,14H2. The van der Waals surface area contributed by atoms with Gasteiger partial charge in [0.15, 0.2) is 0 Å². The Hall–Kier alpha value is -1.97. The second-order valence-corrected chi connectivity index (χ2v) is 5.81. The van der Waals surface area contributed by atoms with E-state index in [0.717, 1.165) is 12.8 Å². The molecule has 3 heteroatoms. The molecule has 0 bridgehead atoms. The predicted octanol–water partition coefficient (Wildman–Crippen LogP) is 3.53. The summed E-state index contributed by atoms with van der Waals surface area (Å²) in [6.45, 7) is 0.407. The first kappa shape index (κ1) is 14.9. The maximum Gasteiger partial charge on any atom is 0.258 e. The van der Waals surface area contributed by atoms with E-state index < -0.39 is 11.6 Å². The van der Waals surface area contributed by atoms with Gasteiger partial charge in [0.2, 0.25) is 5.78 Å². The number of aliphatic hydroxyl groups is 1. The number of hydrogen-bond acceptors (Lipinski definition) is 3. The van der Waals surface area contributed by atoms with Gasteiger partial charge in [-0.1, -0.05) is 67.1 Å². The molecule has 2 aromatic rings. The molecule has 0 heterocycles. The number of hydrogen-bond donors (Lipinski definition) is 1. The third kappa shape index (κ3) is 2.96. The maximum atomic E-state index is 12.8. The zero-order valence-electron chi connectivity index (χ0n) is 12.4. The molecule has 1 saturated carbocycles. The fourth-order valence-electron chi connectivity index (χ4n) is 2.63. The van der Waals surface area contributed by atoms with E-state index in [1.807, 2.05) is 12.1 Å². The molecular weight excluding hydrogens is 276 g/mol. The van der Waals surface area contributed by atoms with E-state index in [-0.39, 0.29) is 0 Å². The van der Waals surface area contributed by atoms with E-state index in [0.29, 0.717) is 23.7 Å². The Bertz CT molecular complexity index is 620. The first-order valence-electron chi connectivity index (χ1n) is 7.72. The van der Waals surface area contributed by atoms with Gasteiger partial charge in [0.05, 0.1) is 6.61 Å². The number of carbonyl (C=O) groups excluding carboxylic acids is 1. The first-order chi connectivity index (χ1) is 10.7. The fraction of sp³-hybridized carbons (Fsp3) is 0.316. The Morgan fingerprint density at radius 1 is 1.05 bits per heavy atom. The van der Waals surface area contributed by atoms with Crippen molar-refractivity contribution in [3.05, 3.63) is 71.8 Å². The Kier molecular flexibility index (Phi) is 4.36. The van der Waals surface area contributed by atoms with Crippen molar-refractivity contribution in [3.63, 3.8) is 0 Å². The van der Waals surface area contributed by atoms with E-state index in [2.05, 4.69) is 0 Å². The van der Waals surface area contributed by atoms with Gasteiger partial charge in [0, 0.05) is 11.1 Å². The molecule has 1 aliphatic carbocycles. The Balaban J connectivity index is 1.89. The third-order valence-electron chi connectivity index (χ3n) is 4.26. The summed E-state index contributed by atoms with van der Waals surface area (Å²) in [6.07, 6.45) is 3.40. The zero-order valence-corrected chi connectivity index (χ0v) is 12.4. The molecule has 3 nitrogen and oxygen atoms in total. The van der Waals surface area contributed by atoms with Crippen LogP contribution in [0.3, 0.4) is 0 Å². The van der Waals surface area contributed by atoms with Gasteiger partial charge in [-0.2, -0.15) is 0 Å². The molecule has 0 spiro atoms. The molecule has 0 aliphatic heterocycles. The lowest BCUT2D eigenvalue weighted by Crippen LogP contribution is -2.40. The molecule has 3 rings (SSSR count). The lowest BCUT2D eigenvalue weighted by Gasteiger charge is -2.32. The van der Waals surface area contributed by atoms with Crippen LogP contribution in [0.15, 0.2) is 60.7 Å². The highest BCUT2D eigenvalue weighted by Gasteiger charge is 2.40. The predicted molar refractivity (Wildman–Crippen MR) is 84.4 cm³/mol. The topological polar surface area (TPSA) is 46.5 Å². The quantitative estimate of drug-likeness (QED) is 0.655. The lowest BCUT2D eigenvalue weighted by molar-refractivity contribution is -0.185. The summed E-state index contributed by atoms with van der Waals surface area (Å²) in [7, 11) is 0. The molecule has 22 heavy (non-hydrogen) atoms. The van der Waals surface area contributed by atoms with Crippen LogP contribution in [0.5, 0.6) is 0 Å². The smallest absolute Gasteiger partial charge is 0.258 e. The average Bonchev–Trinajstić information content (AvgIpc) is 2.54. The number of ketones is 1. The Morgan fingerprint density at radius 3 is 2.18 bits per heavy atom. The summed E-state index contributed by atoms with van der Waals surface area (Å²) >= 11 is 0. The molecular formula is C19H20O3. The summed E-state index contributed by atoms with van der Waals surface area (Å²) in [5.74, 6) is -1.89. The van der Waals surface area contributed by atoms with Crippen molar-refractivity contribution in [2.24, 2.45) is 5.92 Å². The maximum absolute atomic E-state index is 12.8. The van der Waals surface area contributed by atoms with Gasteiger partial charge < -0.3 is 9.84 Å². The number of benzene rings is 2. The van der Waals surface area contributed by atoms with Crippen LogP contribution in [0.2, 0.25) is 0 Å². The number of rotatable bonds is 6. The zero-order chi connectivity index (χ0) is 15.4. The van der Waals surface area contributed by atoms with Crippen molar-refractivity contribution in [1.29, 1.82) is 0 Å². The summed E-state index contributed by atoms with van der Waals surface area (Å²) in [4.78, 5) is 12.8. The van der Waals surface area contributed by atoms with Crippen LogP contribution in [0.1, 0.15) is 35.2 Å². The Morgan fingerprint density at radius 2 is 1.64 bits per heavy atom. The van der Waals surface area contributed by atoms with Gasteiger partial charge in [-0.25, -0.2) is 0 Å². The number of carbonyl (C=O) groups is 1. The minimum absolute atomic E-state index is 0.407. The molecule has 1 atom stereocenters. The van der Waals surface area contributed by atoms with E-state index in [1.165, 1.54) is 6.42 Å². The Labute approximate surface area is 130 Å². The minimum Gasteiger partial charge on any atom is -0.356 e. The lowest BCUT2D eigenvalue weighted by atomic mass is 9.86. The molecule has 1 fully saturated rings. The summed E-state index contributed by atoms with van der Waals surface area (Å²) in [5, 5.41) is 11.0. The van der Waals surface area contributed by atoms with Crippen LogP contribution in [-0.4, -0.2) is 17.5 Å². The van der Waals surface area contributed by atoms with Crippen molar-refractivity contribution >= 4 is 5.78 Å². The van der Waals surface area contributed by atoms with Gasteiger partial charge in [-0.3, -0.25) is 4.79 Å². The van der Waals surface area contributed by atoms with Crippen LogP contribution >= 0.6 is 0 Å². The molecule has 0 saturated heterocycles. The second kappa shape index (κ2) is 6.42. The van der Waals surface area contributed by atoms with Gasteiger partial charge in [0.25, 0.3) is 5.79 Å². The van der Waals surface area contributed by atoms with Crippen LogP contribution in [-0.2, 0) is 10.5 Å². The van der Waals surface area contributed by atoms with Crippen LogP contribution < -0.4 is 0 Å². The average molecular weight is 296 g/mol. The van der Waals surface area contributed by atoms with Crippen LogP contribution in [0.25, 0.3) is 0 Å². The van der Waals surface area contributed by atoms with Crippen LogP contribution in [0.4, 0.5) is 0 Å². The molecule has 1 aliphatic rings. The van der Waals surface area contributed by atoms with Crippen molar-refractivity contribution < 1.29 is 14.6 Å². The molecule has 114 valence electrons. The van der Waals surface area contributed by atoms with Gasteiger partial charge in [-0.15, -0.1) is 0 Å². The second-order valence-electron chi connectivity index (χ2n) is 5.81. The molecule has 2 aromatic carbocycles. The monoisotopic (exact) mass is 296 g/mol. The highest BCUT2D eigenvalue weighted by molar-refractivity contribution is 6.01. The fourth-order valence-corrected chi connectivity index (χ4v) is 2.63. The van der Waals surface area contributed by atoms with E-state index in [4.69, 9.17) is 4.74 Å². The van der Waals surface area contributed by atoms with Crippen molar-refractivity contribution in [2.45, 2.75) is 25.0 Å². The molecule has 1 unspecified atom stereocenters. The van der Waals surface area contributed by atoms with Gasteiger partial charge in [0.1, 0.15) is 0 Å². The molecule has 0 amide bonds. The van der Waals surface area contributed by atoms with E-state index in [1.54, 1.807) is 48.5 Å². The first-order valence-corrected chi connectivity index (χ1v) is 7.72.